The van der Waals surface area contributed by atoms with Crippen molar-refractivity contribution in [1.29, 1.82) is 0 Å². The van der Waals surface area contributed by atoms with Gasteiger partial charge in [-0.2, -0.15) is 5.10 Å². The zero-order chi connectivity index (χ0) is 17.5. The molecule has 1 aromatic rings. The molecule has 5 rings (SSSR count). The van der Waals surface area contributed by atoms with E-state index in [0.717, 1.165) is 45.1 Å². The van der Waals surface area contributed by atoms with E-state index in [-0.39, 0.29) is 18.3 Å². The van der Waals surface area contributed by atoms with Crippen LogP contribution < -0.4 is 5.32 Å². The number of piperidine rings is 3. The number of rotatable bonds is 3. The third kappa shape index (κ3) is 3.89. The van der Waals surface area contributed by atoms with Crippen LogP contribution in [-0.2, 0) is 0 Å². The van der Waals surface area contributed by atoms with E-state index in [9.17, 15) is 4.79 Å². The number of likely N-dealkylation sites (tertiary alicyclic amines) is 2. The van der Waals surface area contributed by atoms with Gasteiger partial charge in [-0.1, -0.05) is 0 Å². The van der Waals surface area contributed by atoms with Crippen molar-refractivity contribution in [3.05, 3.63) is 18.0 Å². The number of hydrogen-bond acceptors (Lipinski definition) is 4. The highest BCUT2D eigenvalue weighted by Crippen LogP contribution is 2.38. The van der Waals surface area contributed by atoms with Gasteiger partial charge in [-0.15, -0.1) is 12.4 Å². The molecule has 4 heterocycles. The van der Waals surface area contributed by atoms with Crippen molar-refractivity contribution >= 4 is 18.3 Å². The monoisotopic (exact) mass is 393 g/mol. The average molecular weight is 394 g/mol. The second kappa shape index (κ2) is 8.10. The molecule has 0 bridgehead atoms. The van der Waals surface area contributed by atoms with E-state index in [2.05, 4.69) is 20.2 Å². The number of carbonyl (C=O) groups is 1. The molecule has 4 aliphatic rings. The van der Waals surface area contributed by atoms with Crippen LogP contribution in [0.4, 0.5) is 0 Å². The summed E-state index contributed by atoms with van der Waals surface area (Å²) >= 11 is 0. The first-order chi connectivity index (χ1) is 12.8. The van der Waals surface area contributed by atoms with Gasteiger partial charge in [-0.25, -0.2) is 0 Å². The molecular formula is C20H32ClN5O. The van der Waals surface area contributed by atoms with Crippen LogP contribution in [0, 0.1) is 5.92 Å². The van der Waals surface area contributed by atoms with E-state index < -0.39 is 0 Å². The number of hydrogen-bond donors (Lipinski definition) is 1. The minimum atomic E-state index is 0. The summed E-state index contributed by atoms with van der Waals surface area (Å²) < 4.78 is 2.00. The Balaban J connectivity index is 0.00000180. The molecule has 3 atom stereocenters. The number of nitrogens with one attached hydrogen (secondary N) is 1. The number of nitrogens with zero attached hydrogens (tertiary/aromatic N) is 4. The van der Waals surface area contributed by atoms with Gasteiger partial charge >= 0.3 is 0 Å². The maximum atomic E-state index is 13.0. The van der Waals surface area contributed by atoms with Gasteiger partial charge in [0.1, 0.15) is 5.69 Å². The third-order valence-corrected chi connectivity index (χ3v) is 6.89. The fourth-order valence-corrected chi connectivity index (χ4v) is 5.36. The summed E-state index contributed by atoms with van der Waals surface area (Å²) in [6.45, 7) is 5.14. The lowest BCUT2D eigenvalue weighted by molar-refractivity contribution is 0.0171. The molecule has 7 heteroatoms. The van der Waals surface area contributed by atoms with Crippen LogP contribution in [0.3, 0.4) is 0 Å². The summed E-state index contributed by atoms with van der Waals surface area (Å²) in [6, 6.07) is 3.87. The first-order valence-corrected chi connectivity index (χ1v) is 10.6. The molecule has 27 heavy (non-hydrogen) atoms. The third-order valence-electron chi connectivity index (χ3n) is 6.89. The molecule has 3 saturated heterocycles. The molecule has 1 amide bonds. The normalized spacial score (nSPS) is 31.9. The Labute approximate surface area is 168 Å². The lowest BCUT2D eigenvalue weighted by atomic mass is 9.83. The van der Waals surface area contributed by atoms with Gasteiger partial charge < -0.3 is 10.2 Å². The van der Waals surface area contributed by atoms with E-state index in [1.807, 2.05) is 16.9 Å². The van der Waals surface area contributed by atoms with Crippen LogP contribution in [0.2, 0.25) is 0 Å². The number of carbonyl (C=O) groups excluding carboxylic acids is 1. The van der Waals surface area contributed by atoms with Gasteiger partial charge in [0.15, 0.2) is 0 Å². The summed E-state index contributed by atoms with van der Waals surface area (Å²) in [5, 5.41) is 8.07. The van der Waals surface area contributed by atoms with E-state index in [1.54, 1.807) is 0 Å². The summed E-state index contributed by atoms with van der Waals surface area (Å²) in [5.41, 5.74) is 0.629. The molecule has 1 aromatic heterocycles. The van der Waals surface area contributed by atoms with Gasteiger partial charge in [0.25, 0.3) is 5.91 Å². The quantitative estimate of drug-likeness (QED) is 0.856. The number of halogens is 1. The minimum Gasteiger partial charge on any atom is -0.337 e. The molecular weight excluding hydrogens is 362 g/mol. The molecule has 1 N–H and O–H groups in total. The fraction of sp³-hybridized carbons (Fsp3) is 0.800. The van der Waals surface area contributed by atoms with E-state index >= 15 is 0 Å². The largest absolute Gasteiger partial charge is 0.337 e. The van der Waals surface area contributed by atoms with Crippen molar-refractivity contribution in [3.63, 3.8) is 0 Å². The summed E-state index contributed by atoms with van der Waals surface area (Å²) in [5.74, 6) is 0.793. The lowest BCUT2D eigenvalue weighted by Crippen LogP contribution is -2.55. The van der Waals surface area contributed by atoms with Crippen LogP contribution in [0.5, 0.6) is 0 Å². The number of amides is 1. The van der Waals surface area contributed by atoms with Gasteiger partial charge in [-0.3, -0.25) is 14.4 Å². The highest BCUT2D eigenvalue weighted by Gasteiger charge is 2.42. The van der Waals surface area contributed by atoms with Crippen molar-refractivity contribution in [3.8, 4) is 0 Å². The molecule has 1 saturated carbocycles. The predicted molar refractivity (Wildman–Crippen MR) is 107 cm³/mol. The summed E-state index contributed by atoms with van der Waals surface area (Å²) in [6.07, 6.45) is 10.8. The maximum Gasteiger partial charge on any atom is 0.274 e. The molecule has 3 aliphatic heterocycles. The first kappa shape index (κ1) is 19.2. The zero-order valence-corrected chi connectivity index (χ0v) is 16.9. The van der Waals surface area contributed by atoms with Crippen LogP contribution >= 0.6 is 12.4 Å². The van der Waals surface area contributed by atoms with Crippen molar-refractivity contribution in [2.45, 2.75) is 63.1 Å². The number of aromatic nitrogens is 2. The molecule has 1 aliphatic carbocycles. The van der Waals surface area contributed by atoms with Crippen molar-refractivity contribution in [2.75, 3.05) is 32.7 Å². The first-order valence-electron chi connectivity index (χ1n) is 10.6. The Hall–Kier alpha value is -1.11. The zero-order valence-electron chi connectivity index (χ0n) is 16.1. The van der Waals surface area contributed by atoms with Gasteiger partial charge in [0.2, 0.25) is 0 Å². The van der Waals surface area contributed by atoms with E-state index in [1.165, 1.54) is 38.6 Å². The van der Waals surface area contributed by atoms with Crippen LogP contribution in [-0.4, -0.2) is 70.3 Å². The molecule has 0 aromatic carbocycles. The van der Waals surface area contributed by atoms with Gasteiger partial charge in [-0.05, 0) is 70.0 Å². The topological polar surface area (TPSA) is 53.4 Å². The average Bonchev–Trinajstić information content (AvgIpc) is 3.43. The Kier molecular flexibility index (Phi) is 5.76. The summed E-state index contributed by atoms with van der Waals surface area (Å²) in [7, 11) is 0. The van der Waals surface area contributed by atoms with Crippen LogP contribution in [0.25, 0.3) is 0 Å². The molecule has 0 spiro atoms. The van der Waals surface area contributed by atoms with Crippen LogP contribution in [0.15, 0.2) is 12.3 Å². The van der Waals surface area contributed by atoms with Crippen molar-refractivity contribution in [2.24, 2.45) is 5.92 Å². The molecule has 0 radical (unpaired) electrons. The predicted octanol–water partition coefficient (Wildman–Crippen LogP) is 2.32. The molecule has 4 fully saturated rings. The standard InChI is InChI=1S/C20H31N5O.ClH/c26-20(18-7-12-25(22-18)17-4-1-9-21-13-17)23-11-8-19-15(14-23)3-2-10-24(19)16-5-6-16;/h7,12,15-17,19,21H,1-6,8-11,13-14H2;1H. The molecule has 6 nitrogen and oxygen atoms in total. The van der Waals surface area contributed by atoms with E-state index in [0.29, 0.717) is 23.7 Å². The molecule has 150 valence electrons. The summed E-state index contributed by atoms with van der Waals surface area (Å²) in [4.78, 5) is 17.9. The SMILES string of the molecule is Cl.O=C(c1ccn(C2CCCNC2)n1)N1CCC2C(CCCN2C2CC2)C1. The lowest BCUT2D eigenvalue weighted by Gasteiger charge is -2.47. The second-order valence-electron chi connectivity index (χ2n) is 8.66. The Bertz CT molecular complexity index is 655. The van der Waals surface area contributed by atoms with Gasteiger partial charge in [0, 0.05) is 37.9 Å². The Morgan fingerprint density at radius 3 is 2.74 bits per heavy atom. The maximum absolute atomic E-state index is 13.0. The number of fused-ring (bicyclic) bond motifs is 1. The fourth-order valence-electron chi connectivity index (χ4n) is 5.36. The second-order valence-corrected chi connectivity index (χ2v) is 8.66. The minimum absolute atomic E-state index is 0. The smallest absolute Gasteiger partial charge is 0.274 e. The van der Waals surface area contributed by atoms with Crippen LogP contribution in [0.1, 0.15) is 61.5 Å². The van der Waals surface area contributed by atoms with Crippen molar-refractivity contribution in [1.82, 2.24) is 24.9 Å². The van der Waals surface area contributed by atoms with Crippen molar-refractivity contribution < 1.29 is 4.79 Å². The van der Waals surface area contributed by atoms with E-state index in [4.69, 9.17) is 0 Å². The Morgan fingerprint density at radius 2 is 1.96 bits per heavy atom. The molecule has 3 unspecified atom stereocenters. The Morgan fingerprint density at radius 1 is 1.07 bits per heavy atom. The highest BCUT2D eigenvalue weighted by molar-refractivity contribution is 5.92. The highest BCUT2D eigenvalue weighted by atomic mass is 35.5. The van der Waals surface area contributed by atoms with Gasteiger partial charge in [0.05, 0.1) is 6.04 Å².